The van der Waals surface area contributed by atoms with Crippen LogP contribution >= 0.6 is 0 Å². The van der Waals surface area contributed by atoms with E-state index >= 15 is 0 Å². The lowest BCUT2D eigenvalue weighted by molar-refractivity contribution is 0.563. The average molecular weight is 211 g/mol. The van der Waals surface area contributed by atoms with Crippen molar-refractivity contribution in [1.82, 2.24) is 0 Å². The van der Waals surface area contributed by atoms with Crippen LogP contribution in [-0.2, 0) is 10.2 Å². The molecule has 0 aliphatic rings. The Hall–Kier alpha value is -1.67. The second kappa shape index (κ2) is 4.03. The zero-order valence-corrected chi connectivity index (χ0v) is 7.83. The van der Waals surface area contributed by atoms with Crippen molar-refractivity contribution in [1.29, 1.82) is 5.26 Å². The molecule has 0 saturated heterocycles. The van der Waals surface area contributed by atoms with Crippen LogP contribution in [0.5, 0.6) is 0 Å². The Morgan fingerprint density at radius 2 is 1.86 bits per heavy atom. The van der Waals surface area contributed by atoms with Crippen molar-refractivity contribution in [3.8, 4) is 6.07 Å². The van der Waals surface area contributed by atoms with Gasteiger partial charge in [0.25, 0.3) is 0 Å². The van der Waals surface area contributed by atoms with Gasteiger partial charge in [0.2, 0.25) is 0 Å². The summed E-state index contributed by atoms with van der Waals surface area (Å²) in [7, 11) is -4.58. The molecule has 5 heteroatoms. The molecule has 0 spiro atoms. The van der Waals surface area contributed by atoms with E-state index in [1.165, 1.54) is 24.3 Å². The zero-order valence-electron chi connectivity index (χ0n) is 7.01. The quantitative estimate of drug-likeness (QED) is 0.701. The average Bonchev–Trinajstić information content (AvgIpc) is 2.14. The molecule has 3 nitrogen and oxygen atoms in total. The molecule has 0 saturated carbocycles. The largest absolute Gasteiger partial charge is 0.325 e. The fourth-order valence-corrected chi connectivity index (χ4v) is 1.15. The third-order valence-electron chi connectivity index (χ3n) is 1.46. The predicted molar refractivity (Wildman–Crippen MR) is 50.2 cm³/mol. The van der Waals surface area contributed by atoms with Gasteiger partial charge in [-0.25, -0.2) is 0 Å². The maximum Gasteiger partial charge on any atom is 0.325 e. The highest BCUT2D eigenvalue weighted by atomic mass is 32.3. The van der Waals surface area contributed by atoms with Crippen LogP contribution in [0.4, 0.5) is 3.89 Å². The fourth-order valence-electron chi connectivity index (χ4n) is 0.829. The minimum absolute atomic E-state index is 0.463. The van der Waals surface area contributed by atoms with Crippen molar-refractivity contribution in [2.45, 2.75) is 0 Å². The molecule has 0 bridgehead atoms. The van der Waals surface area contributed by atoms with Crippen molar-refractivity contribution in [3.05, 3.63) is 40.8 Å². The van der Waals surface area contributed by atoms with Crippen molar-refractivity contribution >= 4 is 16.3 Å². The number of nitriles is 1. The number of rotatable bonds is 2. The Labute approximate surface area is 81.3 Å². The molecule has 0 aliphatic carbocycles. The van der Waals surface area contributed by atoms with Gasteiger partial charge in [-0.15, -0.1) is 3.89 Å². The summed E-state index contributed by atoms with van der Waals surface area (Å²) in [6.45, 7) is 0. The van der Waals surface area contributed by atoms with Crippen molar-refractivity contribution in [2.75, 3.05) is 0 Å². The molecule has 0 heterocycles. The summed E-state index contributed by atoms with van der Waals surface area (Å²) in [5.41, 5.74) is 0.982. The van der Waals surface area contributed by atoms with Gasteiger partial charge < -0.3 is 0 Å². The SMILES string of the molecule is N#Cc1ccc(C=CS(=O)(=O)F)cc1. The Bertz CT molecular complexity index is 483. The van der Waals surface area contributed by atoms with E-state index in [9.17, 15) is 12.3 Å². The van der Waals surface area contributed by atoms with Crippen LogP contribution in [0.3, 0.4) is 0 Å². The molecule has 0 fully saturated rings. The lowest BCUT2D eigenvalue weighted by Gasteiger charge is -1.91. The number of halogens is 1. The van der Waals surface area contributed by atoms with Crippen LogP contribution in [0, 0.1) is 11.3 Å². The molecule has 72 valence electrons. The van der Waals surface area contributed by atoms with Gasteiger partial charge in [-0.1, -0.05) is 12.1 Å². The first-order valence-electron chi connectivity index (χ1n) is 3.64. The number of benzene rings is 1. The second-order valence-electron chi connectivity index (χ2n) is 2.51. The van der Waals surface area contributed by atoms with E-state index in [2.05, 4.69) is 0 Å². The molecule has 0 radical (unpaired) electrons. The van der Waals surface area contributed by atoms with E-state index in [0.717, 1.165) is 6.08 Å². The minimum Gasteiger partial charge on any atom is -0.192 e. The van der Waals surface area contributed by atoms with E-state index < -0.39 is 10.2 Å². The van der Waals surface area contributed by atoms with Gasteiger partial charge in [0.1, 0.15) is 0 Å². The van der Waals surface area contributed by atoms with Crippen LogP contribution < -0.4 is 0 Å². The highest BCUT2D eigenvalue weighted by Gasteiger charge is 1.98. The predicted octanol–water partition coefficient (Wildman–Crippen LogP) is 1.83. The molecule has 14 heavy (non-hydrogen) atoms. The van der Waals surface area contributed by atoms with Crippen LogP contribution in [-0.4, -0.2) is 8.42 Å². The summed E-state index contributed by atoms with van der Waals surface area (Å²) in [6.07, 6.45) is 1.12. The Morgan fingerprint density at radius 3 is 2.29 bits per heavy atom. The first-order valence-corrected chi connectivity index (χ1v) is 5.09. The van der Waals surface area contributed by atoms with Gasteiger partial charge in [-0.05, 0) is 23.8 Å². The molecule has 1 rings (SSSR count). The molecule has 0 unspecified atom stereocenters. The number of hydrogen-bond acceptors (Lipinski definition) is 3. The third-order valence-corrected chi connectivity index (χ3v) is 1.92. The maximum absolute atomic E-state index is 12.1. The molecule has 0 aliphatic heterocycles. The Balaban J connectivity index is 2.91. The first kappa shape index (κ1) is 10.4. The van der Waals surface area contributed by atoms with E-state index in [-0.39, 0.29) is 0 Å². The first-order chi connectivity index (χ1) is 6.51. The molecule has 1 aromatic carbocycles. The van der Waals surface area contributed by atoms with Crippen LogP contribution in [0.25, 0.3) is 6.08 Å². The summed E-state index contributed by atoms with van der Waals surface area (Å²) in [6, 6.07) is 8.00. The maximum atomic E-state index is 12.1. The standard InChI is InChI=1S/C9H6FNO2S/c10-14(12,13)6-5-8-1-3-9(7-11)4-2-8/h1-6H. The smallest absolute Gasteiger partial charge is 0.192 e. The number of hydrogen-bond donors (Lipinski definition) is 0. The Morgan fingerprint density at radius 1 is 1.29 bits per heavy atom. The highest BCUT2D eigenvalue weighted by molar-refractivity contribution is 7.89. The summed E-state index contributed by atoms with van der Waals surface area (Å²) in [5.74, 6) is 0. The van der Waals surface area contributed by atoms with Gasteiger partial charge in [-0.3, -0.25) is 0 Å². The van der Waals surface area contributed by atoms with Gasteiger partial charge >= 0.3 is 10.2 Å². The van der Waals surface area contributed by atoms with Gasteiger partial charge in [0, 0.05) is 0 Å². The van der Waals surface area contributed by atoms with Crippen LogP contribution in [0.15, 0.2) is 29.7 Å². The van der Waals surface area contributed by atoms with Crippen LogP contribution in [0.1, 0.15) is 11.1 Å². The number of nitrogens with zero attached hydrogens (tertiary/aromatic N) is 1. The molecular weight excluding hydrogens is 205 g/mol. The van der Waals surface area contributed by atoms with Crippen molar-refractivity contribution in [3.63, 3.8) is 0 Å². The van der Waals surface area contributed by atoms with E-state index in [1.54, 1.807) is 0 Å². The van der Waals surface area contributed by atoms with Gasteiger partial charge in [0.15, 0.2) is 0 Å². The molecule has 0 atom stereocenters. The normalized spacial score (nSPS) is 11.4. The fraction of sp³-hybridized carbons (Fsp3) is 0. The Kier molecular flexibility index (Phi) is 2.99. The van der Waals surface area contributed by atoms with E-state index in [0.29, 0.717) is 16.5 Å². The highest BCUT2D eigenvalue weighted by Crippen LogP contribution is 2.06. The van der Waals surface area contributed by atoms with Crippen molar-refractivity contribution < 1.29 is 12.3 Å². The molecule has 1 aromatic rings. The lowest BCUT2D eigenvalue weighted by atomic mass is 10.1. The minimum atomic E-state index is -4.58. The lowest BCUT2D eigenvalue weighted by Crippen LogP contribution is -1.81. The van der Waals surface area contributed by atoms with Crippen LogP contribution in [0.2, 0.25) is 0 Å². The third kappa shape index (κ3) is 3.37. The molecular formula is C9H6FNO2S. The second-order valence-corrected chi connectivity index (χ2v) is 3.74. The van der Waals surface area contributed by atoms with Gasteiger partial charge in [0.05, 0.1) is 17.0 Å². The summed E-state index contributed by atoms with van der Waals surface area (Å²) < 4.78 is 32.3. The summed E-state index contributed by atoms with van der Waals surface area (Å²) in [5, 5.41) is 8.93. The monoisotopic (exact) mass is 211 g/mol. The molecule has 0 amide bonds. The van der Waals surface area contributed by atoms with E-state index in [1.807, 2.05) is 6.07 Å². The zero-order chi connectivity index (χ0) is 10.6. The summed E-state index contributed by atoms with van der Waals surface area (Å²) in [4.78, 5) is 0. The molecule has 0 N–H and O–H groups in total. The topological polar surface area (TPSA) is 57.9 Å². The van der Waals surface area contributed by atoms with E-state index in [4.69, 9.17) is 5.26 Å². The molecule has 0 aromatic heterocycles. The van der Waals surface area contributed by atoms with Gasteiger partial charge in [-0.2, -0.15) is 13.7 Å². The summed E-state index contributed by atoms with van der Waals surface area (Å²) >= 11 is 0. The van der Waals surface area contributed by atoms with Crippen molar-refractivity contribution in [2.24, 2.45) is 0 Å².